The average Bonchev–Trinajstić information content (AvgIpc) is 2.88. The number of aromatic nitrogens is 2. The molecule has 1 aromatic carbocycles. The smallest absolute Gasteiger partial charge is 0.264 e. The summed E-state index contributed by atoms with van der Waals surface area (Å²) < 4.78 is 6.47. The van der Waals surface area contributed by atoms with Gasteiger partial charge in [0.1, 0.15) is 5.52 Å². The van der Waals surface area contributed by atoms with Crippen LogP contribution in [0.3, 0.4) is 0 Å². The summed E-state index contributed by atoms with van der Waals surface area (Å²) in [7, 11) is 0. The van der Waals surface area contributed by atoms with Crippen LogP contribution in [0, 0.1) is 0 Å². The van der Waals surface area contributed by atoms with Gasteiger partial charge in [-0.1, -0.05) is 6.07 Å². The monoisotopic (exact) mass is 249 g/mol. The first-order valence-corrected chi connectivity index (χ1v) is 6.25. The first kappa shape index (κ1) is 9.68. The van der Waals surface area contributed by atoms with Crippen molar-refractivity contribution in [2.24, 2.45) is 0 Å². The van der Waals surface area contributed by atoms with Crippen molar-refractivity contribution in [2.75, 3.05) is 5.73 Å². The van der Waals surface area contributed by atoms with Crippen molar-refractivity contribution in [3.05, 3.63) is 29.8 Å². The molecular weight excluding hydrogens is 242 g/mol. The van der Waals surface area contributed by atoms with Gasteiger partial charge >= 0.3 is 0 Å². The van der Waals surface area contributed by atoms with Crippen LogP contribution in [-0.4, -0.2) is 9.97 Å². The Morgan fingerprint density at radius 2 is 2.31 bits per heavy atom. The number of rotatable bonds is 2. The van der Waals surface area contributed by atoms with Gasteiger partial charge in [-0.05, 0) is 12.1 Å². The van der Waals surface area contributed by atoms with Crippen molar-refractivity contribution in [2.45, 2.75) is 9.56 Å². The molecule has 0 bridgehead atoms. The van der Waals surface area contributed by atoms with E-state index >= 15 is 0 Å². The molecule has 0 saturated heterocycles. The Morgan fingerprint density at radius 3 is 3.06 bits per heavy atom. The molecule has 0 amide bonds. The number of hydrogen-bond donors (Lipinski definition) is 1. The molecule has 0 spiro atoms. The fourth-order valence-electron chi connectivity index (χ4n) is 1.33. The molecule has 4 nitrogen and oxygen atoms in total. The molecule has 80 valence electrons. The Hall–Kier alpha value is -1.53. The van der Waals surface area contributed by atoms with Crippen molar-refractivity contribution >= 4 is 39.9 Å². The van der Waals surface area contributed by atoms with Gasteiger partial charge in [-0.2, -0.15) is 0 Å². The molecule has 0 saturated carbocycles. The van der Waals surface area contributed by atoms with Crippen LogP contribution in [0.1, 0.15) is 0 Å². The van der Waals surface area contributed by atoms with Crippen LogP contribution < -0.4 is 5.73 Å². The number of thiazole rings is 1. The Morgan fingerprint density at radius 1 is 1.38 bits per heavy atom. The first-order chi connectivity index (χ1) is 7.83. The quantitative estimate of drug-likeness (QED) is 0.707. The van der Waals surface area contributed by atoms with E-state index in [1.54, 1.807) is 17.5 Å². The summed E-state index contributed by atoms with van der Waals surface area (Å²) in [5.74, 6) is 0. The number of anilines is 1. The van der Waals surface area contributed by atoms with E-state index in [1.807, 2.05) is 23.6 Å². The lowest BCUT2D eigenvalue weighted by molar-refractivity contribution is 0.489. The van der Waals surface area contributed by atoms with E-state index in [0.29, 0.717) is 22.0 Å². The van der Waals surface area contributed by atoms with Gasteiger partial charge in [0, 0.05) is 23.3 Å². The van der Waals surface area contributed by atoms with Gasteiger partial charge in [-0.15, -0.1) is 11.3 Å². The maximum atomic E-state index is 5.80. The minimum atomic E-state index is 0.572. The second kappa shape index (κ2) is 3.80. The minimum absolute atomic E-state index is 0.572. The number of oxazole rings is 1. The molecule has 6 heteroatoms. The molecule has 0 fully saturated rings. The lowest BCUT2D eigenvalue weighted by Gasteiger charge is -1.89. The number of benzene rings is 1. The maximum Gasteiger partial charge on any atom is 0.264 e. The molecule has 3 aromatic rings. The second-order valence-electron chi connectivity index (χ2n) is 3.07. The molecule has 3 rings (SSSR count). The largest absolute Gasteiger partial charge is 0.431 e. The van der Waals surface area contributed by atoms with Crippen LogP contribution in [0.15, 0.2) is 43.8 Å². The second-order valence-corrected chi connectivity index (χ2v) is 5.17. The molecule has 0 aliphatic rings. The highest BCUT2D eigenvalue weighted by molar-refractivity contribution is 8.00. The van der Waals surface area contributed by atoms with E-state index in [1.165, 1.54) is 11.8 Å². The van der Waals surface area contributed by atoms with E-state index < -0.39 is 0 Å². The molecule has 2 N–H and O–H groups in total. The molecule has 2 heterocycles. The van der Waals surface area contributed by atoms with Crippen LogP contribution in [0.2, 0.25) is 0 Å². The molecule has 0 unspecified atom stereocenters. The third-order valence-electron chi connectivity index (χ3n) is 2.01. The minimum Gasteiger partial charge on any atom is -0.431 e. The number of para-hydroxylation sites is 1. The molecule has 0 aliphatic carbocycles. The summed E-state index contributed by atoms with van der Waals surface area (Å²) in [6, 6.07) is 5.51. The van der Waals surface area contributed by atoms with Gasteiger partial charge in [0.05, 0.1) is 5.69 Å². The van der Waals surface area contributed by atoms with Crippen LogP contribution in [0.25, 0.3) is 11.1 Å². The van der Waals surface area contributed by atoms with Gasteiger partial charge in [0.25, 0.3) is 5.22 Å². The normalized spacial score (nSPS) is 11.0. The maximum absolute atomic E-state index is 5.80. The molecule has 0 atom stereocenters. The summed E-state index contributed by atoms with van der Waals surface area (Å²) in [5, 5.41) is 2.49. The molecule has 0 radical (unpaired) electrons. The summed E-state index contributed by atoms with van der Waals surface area (Å²) in [6.45, 7) is 0. The standard InChI is InChI=1S/C10H7N3OS2/c11-6-2-1-3-7-8(6)13-9(14-7)16-10-12-4-5-15-10/h1-5H,11H2. The number of hydrogen-bond acceptors (Lipinski definition) is 6. The Bertz CT molecular complexity index is 618. The molecular formula is C10H7N3OS2. The van der Waals surface area contributed by atoms with Crippen molar-refractivity contribution in [3.63, 3.8) is 0 Å². The zero-order chi connectivity index (χ0) is 11.0. The fourth-order valence-corrected chi connectivity index (χ4v) is 2.79. The Kier molecular flexibility index (Phi) is 2.30. The highest BCUT2D eigenvalue weighted by Crippen LogP contribution is 2.32. The lowest BCUT2D eigenvalue weighted by atomic mass is 10.3. The number of nitrogen functional groups attached to an aromatic ring is 1. The van der Waals surface area contributed by atoms with Crippen molar-refractivity contribution < 1.29 is 4.42 Å². The third kappa shape index (κ3) is 1.66. The predicted octanol–water partition coefficient (Wildman–Crippen LogP) is 3.02. The average molecular weight is 249 g/mol. The van der Waals surface area contributed by atoms with E-state index in [2.05, 4.69) is 9.97 Å². The lowest BCUT2D eigenvalue weighted by Crippen LogP contribution is -1.84. The van der Waals surface area contributed by atoms with E-state index in [9.17, 15) is 0 Å². The third-order valence-corrected chi connectivity index (χ3v) is 3.75. The summed E-state index contributed by atoms with van der Waals surface area (Å²) in [6.07, 6.45) is 1.75. The van der Waals surface area contributed by atoms with E-state index in [-0.39, 0.29) is 0 Å². The summed E-state index contributed by atoms with van der Waals surface area (Å²) in [5.41, 5.74) is 7.85. The number of nitrogens with two attached hydrogens (primary N) is 1. The molecule has 0 aliphatic heterocycles. The van der Waals surface area contributed by atoms with Crippen molar-refractivity contribution in [3.8, 4) is 0 Å². The molecule has 16 heavy (non-hydrogen) atoms. The zero-order valence-corrected chi connectivity index (χ0v) is 9.72. The first-order valence-electron chi connectivity index (χ1n) is 4.55. The highest BCUT2D eigenvalue weighted by Gasteiger charge is 2.10. The zero-order valence-electron chi connectivity index (χ0n) is 8.08. The SMILES string of the molecule is Nc1cccc2oc(Sc3nccs3)nc12. The van der Waals surface area contributed by atoms with Crippen LogP contribution >= 0.6 is 23.1 Å². The van der Waals surface area contributed by atoms with Gasteiger partial charge < -0.3 is 10.2 Å². The van der Waals surface area contributed by atoms with Crippen LogP contribution in [-0.2, 0) is 0 Å². The molecule has 2 aromatic heterocycles. The van der Waals surface area contributed by atoms with Crippen LogP contribution in [0.4, 0.5) is 5.69 Å². The van der Waals surface area contributed by atoms with E-state index in [0.717, 1.165) is 4.34 Å². The topological polar surface area (TPSA) is 64.9 Å². The summed E-state index contributed by atoms with van der Waals surface area (Å²) in [4.78, 5) is 8.48. The Labute approximate surface area is 99.5 Å². The van der Waals surface area contributed by atoms with E-state index in [4.69, 9.17) is 10.2 Å². The summed E-state index contributed by atoms with van der Waals surface area (Å²) >= 11 is 2.96. The van der Waals surface area contributed by atoms with Gasteiger partial charge in [-0.3, -0.25) is 0 Å². The van der Waals surface area contributed by atoms with Gasteiger partial charge in [-0.25, -0.2) is 9.97 Å². The van der Waals surface area contributed by atoms with Gasteiger partial charge in [0.2, 0.25) is 0 Å². The van der Waals surface area contributed by atoms with Gasteiger partial charge in [0.15, 0.2) is 9.92 Å². The van der Waals surface area contributed by atoms with Crippen LogP contribution in [0.5, 0.6) is 0 Å². The predicted molar refractivity (Wildman–Crippen MR) is 64.7 cm³/mol. The number of fused-ring (bicyclic) bond motifs is 1. The van der Waals surface area contributed by atoms with Crippen molar-refractivity contribution in [1.29, 1.82) is 0 Å². The van der Waals surface area contributed by atoms with Crippen molar-refractivity contribution in [1.82, 2.24) is 9.97 Å². The highest BCUT2D eigenvalue weighted by atomic mass is 32.2. The Balaban J connectivity index is 2.02. The number of nitrogens with zero attached hydrogens (tertiary/aromatic N) is 2. The fraction of sp³-hybridized carbons (Fsp3) is 0.